The molecule has 1 aliphatic carbocycles. The van der Waals surface area contributed by atoms with E-state index in [1.807, 2.05) is 0 Å². The van der Waals surface area contributed by atoms with Crippen LogP contribution < -0.4 is 5.73 Å². The summed E-state index contributed by atoms with van der Waals surface area (Å²) < 4.78 is 38.2. The number of benzene rings is 1. The molecule has 116 valence electrons. The molecule has 0 spiro atoms. The van der Waals surface area contributed by atoms with Gasteiger partial charge in [-0.05, 0) is 43.9 Å². The zero-order valence-electron chi connectivity index (χ0n) is 11.5. The second-order valence-electron chi connectivity index (χ2n) is 5.40. The van der Waals surface area contributed by atoms with Crippen molar-refractivity contribution in [3.05, 3.63) is 28.8 Å². The van der Waals surface area contributed by atoms with Crippen LogP contribution in [0.2, 0.25) is 5.02 Å². The molecule has 0 saturated heterocycles. The number of nitrogens with zero attached hydrogens (tertiary/aromatic N) is 1. The van der Waals surface area contributed by atoms with E-state index in [-0.39, 0.29) is 22.2 Å². The van der Waals surface area contributed by atoms with Crippen LogP contribution in [0, 0.1) is 5.92 Å². The normalized spacial score (nSPS) is 16.6. The molecule has 1 amide bonds. The Morgan fingerprint density at radius 3 is 2.52 bits per heavy atom. The third-order valence-corrected chi connectivity index (χ3v) is 3.79. The Hall–Kier alpha value is -1.43. The average molecular weight is 321 g/mol. The highest BCUT2D eigenvalue weighted by atomic mass is 35.5. The van der Waals surface area contributed by atoms with Crippen LogP contribution >= 0.6 is 11.6 Å². The van der Waals surface area contributed by atoms with Crippen molar-refractivity contribution in [2.75, 3.05) is 12.3 Å². The smallest absolute Gasteiger partial charge is 0.399 e. The Morgan fingerprint density at radius 2 is 2.05 bits per heavy atom. The molecule has 1 unspecified atom stereocenters. The lowest BCUT2D eigenvalue weighted by Gasteiger charge is -2.30. The largest absolute Gasteiger partial charge is 0.406 e. The zero-order valence-corrected chi connectivity index (χ0v) is 12.2. The summed E-state index contributed by atoms with van der Waals surface area (Å²) in [5, 5.41) is 0.226. The molecule has 0 aliphatic heterocycles. The van der Waals surface area contributed by atoms with Crippen molar-refractivity contribution in [1.82, 2.24) is 4.90 Å². The van der Waals surface area contributed by atoms with E-state index in [1.54, 1.807) is 6.92 Å². The van der Waals surface area contributed by atoms with Crippen LogP contribution in [0.5, 0.6) is 0 Å². The summed E-state index contributed by atoms with van der Waals surface area (Å²) in [5.41, 5.74) is 5.92. The van der Waals surface area contributed by atoms with Crippen LogP contribution in [0.15, 0.2) is 18.2 Å². The minimum Gasteiger partial charge on any atom is -0.399 e. The van der Waals surface area contributed by atoms with E-state index >= 15 is 0 Å². The van der Waals surface area contributed by atoms with Gasteiger partial charge in [0.25, 0.3) is 5.91 Å². The molecular weight excluding hydrogens is 305 g/mol. The lowest BCUT2D eigenvalue weighted by atomic mass is 10.1. The first-order valence-corrected chi connectivity index (χ1v) is 6.99. The highest BCUT2D eigenvalue weighted by Crippen LogP contribution is 2.37. The van der Waals surface area contributed by atoms with Gasteiger partial charge in [-0.2, -0.15) is 13.2 Å². The van der Waals surface area contributed by atoms with Crippen molar-refractivity contribution in [2.24, 2.45) is 5.92 Å². The number of nitrogen functional groups attached to an aromatic ring is 1. The van der Waals surface area contributed by atoms with Crippen LogP contribution in [-0.4, -0.2) is 29.6 Å². The topological polar surface area (TPSA) is 46.3 Å². The molecule has 0 radical (unpaired) electrons. The Labute approximate surface area is 125 Å². The fourth-order valence-corrected chi connectivity index (χ4v) is 2.57. The molecule has 2 N–H and O–H groups in total. The maximum Gasteiger partial charge on any atom is 0.406 e. The summed E-state index contributed by atoms with van der Waals surface area (Å²) in [6.07, 6.45) is -2.75. The van der Waals surface area contributed by atoms with Crippen molar-refractivity contribution >= 4 is 23.2 Å². The summed E-state index contributed by atoms with van der Waals surface area (Å²) in [7, 11) is 0. The first-order valence-electron chi connectivity index (χ1n) is 6.61. The summed E-state index contributed by atoms with van der Waals surface area (Å²) in [4.78, 5) is 13.3. The minimum absolute atomic E-state index is 0.0803. The molecule has 21 heavy (non-hydrogen) atoms. The summed E-state index contributed by atoms with van der Waals surface area (Å²) >= 11 is 5.81. The fourth-order valence-electron chi connectivity index (χ4n) is 2.33. The first-order chi connectivity index (χ1) is 9.67. The molecule has 3 nitrogen and oxygen atoms in total. The Morgan fingerprint density at radius 1 is 1.43 bits per heavy atom. The van der Waals surface area contributed by atoms with E-state index in [2.05, 4.69) is 0 Å². The summed E-state index contributed by atoms with van der Waals surface area (Å²) in [6.45, 7) is 0.380. The maximum atomic E-state index is 12.7. The molecule has 1 fully saturated rings. The van der Waals surface area contributed by atoms with Crippen molar-refractivity contribution < 1.29 is 18.0 Å². The van der Waals surface area contributed by atoms with Gasteiger partial charge in [0, 0.05) is 22.3 Å². The van der Waals surface area contributed by atoms with Gasteiger partial charge in [-0.25, -0.2) is 0 Å². The van der Waals surface area contributed by atoms with Gasteiger partial charge < -0.3 is 10.6 Å². The predicted molar refractivity (Wildman–Crippen MR) is 75.1 cm³/mol. The van der Waals surface area contributed by atoms with Crippen molar-refractivity contribution in [1.29, 1.82) is 0 Å². The Balaban J connectivity index is 2.28. The van der Waals surface area contributed by atoms with Gasteiger partial charge in [-0.1, -0.05) is 11.6 Å². The van der Waals surface area contributed by atoms with Crippen molar-refractivity contribution in [3.8, 4) is 0 Å². The van der Waals surface area contributed by atoms with Crippen LogP contribution in [-0.2, 0) is 0 Å². The van der Waals surface area contributed by atoms with E-state index in [0.29, 0.717) is 0 Å². The number of nitrogens with two attached hydrogens (primary N) is 1. The molecule has 1 aromatic carbocycles. The van der Waals surface area contributed by atoms with Gasteiger partial charge in [0.05, 0.1) is 0 Å². The molecule has 1 saturated carbocycles. The lowest BCUT2D eigenvalue weighted by molar-refractivity contribution is -0.144. The SMILES string of the molecule is CC(C1CC1)N(CC(F)(F)F)C(=O)c1cc(N)cc(Cl)c1. The van der Waals surface area contributed by atoms with Gasteiger partial charge >= 0.3 is 6.18 Å². The highest BCUT2D eigenvalue weighted by molar-refractivity contribution is 6.31. The van der Waals surface area contributed by atoms with Crippen LogP contribution in [0.25, 0.3) is 0 Å². The molecule has 0 bridgehead atoms. The second-order valence-corrected chi connectivity index (χ2v) is 5.84. The number of alkyl halides is 3. The average Bonchev–Trinajstić information content (AvgIpc) is 3.16. The number of hydrogen-bond acceptors (Lipinski definition) is 2. The fraction of sp³-hybridized carbons (Fsp3) is 0.500. The molecule has 7 heteroatoms. The predicted octanol–water partition coefficient (Wildman–Crippen LogP) is 3.73. The van der Waals surface area contributed by atoms with Crippen molar-refractivity contribution in [3.63, 3.8) is 0 Å². The Kier molecular flexibility index (Phi) is 4.37. The number of halogens is 4. The van der Waals surface area contributed by atoms with E-state index in [9.17, 15) is 18.0 Å². The molecule has 1 atom stereocenters. The van der Waals surface area contributed by atoms with Gasteiger partial charge in [0.15, 0.2) is 0 Å². The number of carbonyl (C=O) groups excluding carboxylic acids is 1. The second kappa shape index (κ2) is 5.75. The molecule has 1 aliphatic rings. The number of hydrogen-bond donors (Lipinski definition) is 1. The quantitative estimate of drug-likeness (QED) is 0.859. The van der Waals surface area contributed by atoms with E-state index in [1.165, 1.54) is 18.2 Å². The summed E-state index contributed by atoms with van der Waals surface area (Å²) in [5.74, 6) is -0.561. The monoisotopic (exact) mass is 320 g/mol. The standard InChI is InChI=1S/C14H16ClF3N2O/c1-8(9-2-3-9)20(7-14(16,17)18)13(21)10-4-11(15)6-12(19)5-10/h4-6,8-9H,2-3,7,19H2,1H3. The Bertz CT molecular complexity index is 523. The highest BCUT2D eigenvalue weighted by Gasteiger charge is 2.40. The lowest BCUT2D eigenvalue weighted by Crippen LogP contribution is -2.45. The van der Waals surface area contributed by atoms with Crippen LogP contribution in [0.3, 0.4) is 0 Å². The third-order valence-electron chi connectivity index (χ3n) is 3.57. The van der Waals surface area contributed by atoms with Crippen LogP contribution in [0.4, 0.5) is 18.9 Å². The molecule has 0 heterocycles. The third kappa shape index (κ3) is 4.27. The zero-order chi connectivity index (χ0) is 15.8. The maximum absolute atomic E-state index is 12.7. The van der Waals surface area contributed by atoms with E-state index in [4.69, 9.17) is 17.3 Å². The first kappa shape index (κ1) is 15.9. The van der Waals surface area contributed by atoms with Gasteiger partial charge in [-0.3, -0.25) is 4.79 Å². The van der Waals surface area contributed by atoms with Gasteiger partial charge in [-0.15, -0.1) is 0 Å². The van der Waals surface area contributed by atoms with Crippen molar-refractivity contribution in [2.45, 2.75) is 32.0 Å². The van der Waals surface area contributed by atoms with E-state index < -0.39 is 24.7 Å². The van der Waals surface area contributed by atoms with Gasteiger partial charge in [0.1, 0.15) is 6.54 Å². The molecule has 0 aromatic heterocycles. The number of rotatable bonds is 4. The number of amides is 1. The van der Waals surface area contributed by atoms with Gasteiger partial charge in [0.2, 0.25) is 0 Å². The van der Waals surface area contributed by atoms with Crippen LogP contribution in [0.1, 0.15) is 30.1 Å². The minimum atomic E-state index is -4.44. The molecule has 2 rings (SSSR count). The van der Waals surface area contributed by atoms with E-state index in [0.717, 1.165) is 17.7 Å². The molecule has 1 aromatic rings. The number of anilines is 1. The number of carbonyl (C=O) groups is 1. The summed E-state index contributed by atoms with van der Waals surface area (Å²) in [6, 6.07) is 3.66. The molecular formula is C14H16ClF3N2O.